The second-order valence-electron chi connectivity index (χ2n) is 8.54. The molecule has 0 saturated heterocycles. The van der Waals surface area contributed by atoms with Crippen LogP contribution >= 0.6 is 0 Å². The van der Waals surface area contributed by atoms with Crippen LogP contribution in [-0.4, -0.2) is 45.6 Å². The number of rotatable bonds is 5. The number of amides is 1. The lowest BCUT2D eigenvalue weighted by Gasteiger charge is -2.37. The summed E-state index contributed by atoms with van der Waals surface area (Å²) in [6.45, 7) is 1.11. The highest BCUT2D eigenvalue weighted by Gasteiger charge is 2.33. The fourth-order valence-electron chi connectivity index (χ4n) is 4.54. The topological polar surface area (TPSA) is 79.6 Å². The number of benzene rings is 2. The van der Waals surface area contributed by atoms with E-state index in [0.717, 1.165) is 42.6 Å². The molecule has 0 bridgehead atoms. The Hall–Kier alpha value is -3.32. The Morgan fingerprint density at radius 1 is 1.09 bits per heavy atom. The maximum absolute atomic E-state index is 13.0. The minimum absolute atomic E-state index is 0.163. The largest absolute Gasteiger partial charge is 0.477 e. The van der Waals surface area contributed by atoms with Crippen molar-refractivity contribution in [1.82, 2.24) is 15.1 Å². The van der Waals surface area contributed by atoms with Crippen molar-refractivity contribution >= 4 is 11.6 Å². The van der Waals surface area contributed by atoms with Crippen LogP contribution in [0.1, 0.15) is 31.2 Å². The molecule has 0 radical (unpaired) electrons. The van der Waals surface area contributed by atoms with Gasteiger partial charge in [-0.3, -0.25) is 4.79 Å². The normalized spacial score (nSPS) is 22.7. The highest BCUT2D eigenvalue weighted by molar-refractivity contribution is 5.83. The second kappa shape index (κ2) is 9.04. The Balaban J connectivity index is 1.31. The van der Waals surface area contributed by atoms with Gasteiger partial charge in [-0.2, -0.15) is 5.10 Å². The summed E-state index contributed by atoms with van der Waals surface area (Å²) < 4.78 is 7.89. The van der Waals surface area contributed by atoms with E-state index in [4.69, 9.17) is 4.74 Å². The number of hydrogen-bond acceptors (Lipinski definition) is 5. The van der Waals surface area contributed by atoms with Gasteiger partial charge in [0.05, 0.1) is 30.1 Å². The molecule has 2 aliphatic rings. The number of fused-ring (bicyclic) bond motifs is 1. The molecule has 1 aromatic heterocycles. The van der Waals surface area contributed by atoms with E-state index in [9.17, 15) is 9.90 Å². The van der Waals surface area contributed by atoms with E-state index >= 15 is 0 Å². The third-order valence-electron chi connectivity index (χ3n) is 6.29. The summed E-state index contributed by atoms with van der Waals surface area (Å²) in [4.78, 5) is 15.2. The molecule has 7 heteroatoms. The molecule has 2 aromatic carbocycles. The summed E-state index contributed by atoms with van der Waals surface area (Å²) in [5.41, 5.74) is 3.12. The van der Waals surface area contributed by atoms with E-state index in [2.05, 4.69) is 27.4 Å². The summed E-state index contributed by atoms with van der Waals surface area (Å²) in [6, 6.07) is 17.8. The average molecular weight is 433 g/mol. The molecule has 0 spiro atoms. The van der Waals surface area contributed by atoms with Crippen LogP contribution in [0.25, 0.3) is 5.69 Å². The summed E-state index contributed by atoms with van der Waals surface area (Å²) in [7, 11) is 0. The number of aromatic nitrogens is 2. The predicted octanol–water partition coefficient (Wildman–Crippen LogP) is 3.06. The number of ether oxygens (including phenoxy) is 1. The Labute approximate surface area is 187 Å². The lowest BCUT2D eigenvalue weighted by molar-refractivity contribution is -0.129. The van der Waals surface area contributed by atoms with Gasteiger partial charge in [-0.25, -0.2) is 4.68 Å². The fourth-order valence-corrected chi connectivity index (χ4v) is 4.54. The van der Waals surface area contributed by atoms with E-state index in [1.807, 2.05) is 53.3 Å². The number of nitrogens with zero attached hydrogens (tertiary/aromatic N) is 3. The highest BCUT2D eigenvalue weighted by atomic mass is 16.5. The van der Waals surface area contributed by atoms with Gasteiger partial charge in [-0.1, -0.05) is 37.1 Å². The first-order chi connectivity index (χ1) is 15.7. The number of anilines is 1. The third-order valence-corrected chi connectivity index (χ3v) is 6.29. The minimum Gasteiger partial charge on any atom is -0.477 e. The molecule has 2 N–H and O–H groups in total. The second-order valence-corrected chi connectivity index (χ2v) is 8.54. The van der Waals surface area contributed by atoms with Crippen LogP contribution in [0.2, 0.25) is 0 Å². The molecule has 1 aliphatic heterocycles. The Morgan fingerprint density at radius 3 is 2.69 bits per heavy atom. The maximum atomic E-state index is 13.0. The average Bonchev–Trinajstić information content (AvgIpc) is 3.36. The molecular weight excluding hydrogens is 404 g/mol. The standard InChI is InChI=1S/C25H28N4O3/c30-22-8-3-1-6-20(22)27-25(31)24-17-28(21-7-2-4-9-23(21)32-24)16-18-10-12-19(13-11-18)29-15-5-14-26-29/h2,4-5,7,9-15,20,22,24,30H,1,3,6,8,16-17H2,(H,27,31)/t20-,22-,24+/m0/s1. The van der Waals surface area contributed by atoms with Gasteiger partial charge >= 0.3 is 0 Å². The van der Waals surface area contributed by atoms with Crippen LogP contribution < -0.4 is 15.0 Å². The van der Waals surface area contributed by atoms with Gasteiger partial charge in [0.25, 0.3) is 5.91 Å². The number of carbonyl (C=O) groups is 1. The van der Waals surface area contributed by atoms with Gasteiger partial charge in [-0.15, -0.1) is 0 Å². The molecule has 7 nitrogen and oxygen atoms in total. The molecule has 5 rings (SSSR count). The molecule has 1 fully saturated rings. The number of para-hydroxylation sites is 2. The Morgan fingerprint density at radius 2 is 1.91 bits per heavy atom. The molecule has 32 heavy (non-hydrogen) atoms. The zero-order valence-corrected chi connectivity index (χ0v) is 17.9. The quantitative estimate of drug-likeness (QED) is 0.648. The number of carbonyl (C=O) groups excluding carboxylic acids is 1. The molecule has 3 aromatic rings. The van der Waals surface area contributed by atoms with Crippen molar-refractivity contribution in [2.75, 3.05) is 11.4 Å². The fraction of sp³-hybridized carbons (Fsp3) is 0.360. The molecule has 166 valence electrons. The molecular formula is C25H28N4O3. The number of hydrogen-bond donors (Lipinski definition) is 2. The number of aliphatic hydroxyl groups excluding tert-OH is 1. The van der Waals surface area contributed by atoms with Crippen LogP contribution in [0.3, 0.4) is 0 Å². The summed E-state index contributed by atoms with van der Waals surface area (Å²) >= 11 is 0. The van der Waals surface area contributed by atoms with Crippen molar-refractivity contribution in [3.05, 3.63) is 72.6 Å². The monoisotopic (exact) mass is 432 g/mol. The van der Waals surface area contributed by atoms with Gasteiger partial charge in [0.2, 0.25) is 0 Å². The van der Waals surface area contributed by atoms with Crippen molar-refractivity contribution in [2.45, 2.75) is 50.5 Å². The zero-order chi connectivity index (χ0) is 21.9. The van der Waals surface area contributed by atoms with E-state index in [1.165, 1.54) is 0 Å². The van der Waals surface area contributed by atoms with Crippen LogP contribution in [0, 0.1) is 0 Å². The van der Waals surface area contributed by atoms with Crippen LogP contribution in [0.15, 0.2) is 67.0 Å². The summed E-state index contributed by atoms with van der Waals surface area (Å²) in [5.74, 6) is 0.542. The van der Waals surface area contributed by atoms with Gasteiger partial charge in [-0.05, 0) is 48.7 Å². The first-order valence-corrected chi connectivity index (χ1v) is 11.3. The van der Waals surface area contributed by atoms with Crippen LogP contribution in [0.4, 0.5) is 5.69 Å². The van der Waals surface area contributed by atoms with Crippen molar-refractivity contribution in [1.29, 1.82) is 0 Å². The zero-order valence-electron chi connectivity index (χ0n) is 17.9. The first-order valence-electron chi connectivity index (χ1n) is 11.3. The molecule has 2 heterocycles. The smallest absolute Gasteiger partial charge is 0.263 e. The van der Waals surface area contributed by atoms with Gasteiger partial charge < -0.3 is 20.1 Å². The molecule has 1 saturated carbocycles. The van der Waals surface area contributed by atoms with Gasteiger partial charge in [0.15, 0.2) is 6.10 Å². The lowest BCUT2D eigenvalue weighted by Crippen LogP contribution is -2.54. The predicted molar refractivity (Wildman–Crippen MR) is 122 cm³/mol. The maximum Gasteiger partial charge on any atom is 0.263 e. The van der Waals surface area contributed by atoms with E-state index < -0.39 is 12.2 Å². The first kappa shape index (κ1) is 20.6. The lowest BCUT2D eigenvalue weighted by atomic mass is 9.92. The van der Waals surface area contributed by atoms with E-state index in [1.54, 1.807) is 6.20 Å². The number of nitrogens with one attached hydrogen (secondary N) is 1. The summed E-state index contributed by atoms with van der Waals surface area (Å²) in [6.07, 6.45) is 6.15. The third kappa shape index (κ3) is 4.34. The number of aliphatic hydroxyl groups is 1. The SMILES string of the molecule is O=C(N[C@H]1CCCC[C@@H]1O)[C@H]1CN(Cc2ccc(-n3cccn3)cc2)c2ccccc2O1. The minimum atomic E-state index is -0.623. The molecule has 0 unspecified atom stereocenters. The molecule has 1 amide bonds. The van der Waals surface area contributed by atoms with Gasteiger partial charge in [0, 0.05) is 18.9 Å². The van der Waals surface area contributed by atoms with Gasteiger partial charge in [0.1, 0.15) is 5.75 Å². The van der Waals surface area contributed by atoms with Crippen LogP contribution in [-0.2, 0) is 11.3 Å². The Kier molecular flexibility index (Phi) is 5.81. The van der Waals surface area contributed by atoms with Crippen LogP contribution in [0.5, 0.6) is 5.75 Å². The molecule has 3 atom stereocenters. The van der Waals surface area contributed by atoms with E-state index in [0.29, 0.717) is 18.8 Å². The Bertz CT molecular complexity index is 1050. The highest BCUT2D eigenvalue weighted by Crippen LogP contribution is 2.34. The summed E-state index contributed by atoms with van der Waals surface area (Å²) in [5, 5.41) is 17.5. The van der Waals surface area contributed by atoms with Crippen molar-refractivity contribution in [3.8, 4) is 11.4 Å². The van der Waals surface area contributed by atoms with E-state index in [-0.39, 0.29) is 11.9 Å². The van der Waals surface area contributed by atoms with Crippen molar-refractivity contribution in [3.63, 3.8) is 0 Å². The van der Waals surface area contributed by atoms with Crippen molar-refractivity contribution in [2.24, 2.45) is 0 Å². The van der Waals surface area contributed by atoms with Crippen molar-refractivity contribution < 1.29 is 14.6 Å². The molecule has 1 aliphatic carbocycles.